The van der Waals surface area contributed by atoms with E-state index in [1.807, 2.05) is 12.1 Å². The maximum absolute atomic E-state index is 9.57. The summed E-state index contributed by atoms with van der Waals surface area (Å²) in [4.78, 5) is 0. The molecule has 0 amide bonds. The lowest BCUT2D eigenvalue weighted by molar-refractivity contribution is 0.299. The molecule has 0 fully saturated rings. The Labute approximate surface area is 94.9 Å². The lowest BCUT2D eigenvalue weighted by Gasteiger charge is -2.07. The standard InChI is InChI=1S/C9H13IO2Si/c10-7-3-1-4-8(9(7)11)12-5-2-6-13/h1,3-4,11H,2,5-6H2,13H3. The van der Waals surface area contributed by atoms with Crippen LogP contribution >= 0.6 is 22.6 Å². The zero-order chi connectivity index (χ0) is 9.68. The Bertz CT molecular complexity index is 278. The van der Waals surface area contributed by atoms with Crippen LogP contribution in [0.1, 0.15) is 6.42 Å². The second-order valence-corrected chi connectivity index (χ2v) is 4.95. The van der Waals surface area contributed by atoms with Gasteiger partial charge in [-0.25, -0.2) is 0 Å². The lowest BCUT2D eigenvalue weighted by Crippen LogP contribution is -1.97. The number of hydrogen-bond acceptors (Lipinski definition) is 2. The summed E-state index contributed by atoms with van der Waals surface area (Å²) < 4.78 is 6.26. The molecule has 0 aromatic heterocycles. The first kappa shape index (κ1) is 10.8. The summed E-state index contributed by atoms with van der Waals surface area (Å²) in [6, 6.07) is 6.78. The first-order chi connectivity index (χ1) is 6.25. The molecule has 0 aliphatic rings. The fraction of sp³-hybridized carbons (Fsp3) is 0.333. The molecule has 1 aromatic carbocycles. The highest BCUT2D eigenvalue weighted by Gasteiger charge is 2.04. The molecule has 0 heterocycles. The monoisotopic (exact) mass is 308 g/mol. The molecular weight excluding hydrogens is 295 g/mol. The number of ether oxygens (including phenoxy) is 1. The number of benzene rings is 1. The fourth-order valence-corrected chi connectivity index (χ4v) is 1.70. The van der Waals surface area contributed by atoms with Crippen LogP contribution in [-0.4, -0.2) is 22.0 Å². The average Bonchev–Trinajstić information content (AvgIpc) is 2.13. The lowest BCUT2D eigenvalue weighted by atomic mass is 10.3. The average molecular weight is 308 g/mol. The molecule has 13 heavy (non-hydrogen) atoms. The van der Waals surface area contributed by atoms with Gasteiger partial charge in [0.25, 0.3) is 0 Å². The molecule has 0 bridgehead atoms. The van der Waals surface area contributed by atoms with Gasteiger partial charge in [-0.05, 0) is 41.1 Å². The van der Waals surface area contributed by atoms with Gasteiger partial charge in [0.15, 0.2) is 11.5 Å². The number of phenolic OH excluding ortho intramolecular Hbond substituents is 1. The Morgan fingerprint density at radius 1 is 1.46 bits per heavy atom. The molecular formula is C9H13IO2Si. The van der Waals surface area contributed by atoms with E-state index in [0.717, 1.165) is 9.99 Å². The topological polar surface area (TPSA) is 29.5 Å². The Morgan fingerprint density at radius 2 is 2.23 bits per heavy atom. The highest BCUT2D eigenvalue weighted by atomic mass is 127. The van der Waals surface area contributed by atoms with Gasteiger partial charge in [-0.3, -0.25) is 0 Å². The van der Waals surface area contributed by atoms with E-state index >= 15 is 0 Å². The molecule has 1 aromatic rings. The molecule has 1 rings (SSSR count). The van der Waals surface area contributed by atoms with Crippen LogP contribution in [0.25, 0.3) is 0 Å². The van der Waals surface area contributed by atoms with Gasteiger partial charge >= 0.3 is 0 Å². The largest absolute Gasteiger partial charge is 0.504 e. The summed E-state index contributed by atoms with van der Waals surface area (Å²) in [5.74, 6) is 0.860. The Balaban J connectivity index is 2.61. The summed E-state index contributed by atoms with van der Waals surface area (Å²) in [6.07, 6.45) is 1.08. The molecule has 72 valence electrons. The molecule has 0 spiro atoms. The molecule has 0 unspecified atom stereocenters. The van der Waals surface area contributed by atoms with Crippen molar-refractivity contribution in [1.29, 1.82) is 0 Å². The zero-order valence-corrected chi connectivity index (χ0v) is 11.7. The maximum Gasteiger partial charge on any atom is 0.171 e. The van der Waals surface area contributed by atoms with Gasteiger partial charge in [0.1, 0.15) is 0 Å². The van der Waals surface area contributed by atoms with Crippen LogP contribution < -0.4 is 4.74 Å². The van der Waals surface area contributed by atoms with Crippen LogP contribution in [-0.2, 0) is 0 Å². The van der Waals surface area contributed by atoms with Crippen molar-refractivity contribution in [2.75, 3.05) is 6.61 Å². The van der Waals surface area contributed by atoms with Crippen molar-refractivity contribution >= 4 is 32.8 Å². The van der Waals surface area contributed by atoms with E-state index in [1.54, 1.807) is 6.07 Å². The molecule has 0 aliphatic carbocycles. The molecule has 1 N–H and O–H groups in total. The predicted octanol–water partition coefficient (Wildman–Crippen LogP) is 1.55. The van der Waals surface area contributed by atoms with Gasteiger partial charge in [-0.2, -0.15) is 0 Å². The summed E-state index contributed by atoms with van der Waals surface area (Å²) in [7, 11) is 1.22. The molecule has 0 radical (unpaired) electrons. The van der Waals surface area contributed by atoms with Gasteiger partial charge in [-0.1, -0.05) is 12.1 Å². The molecule has 0 aliphatic heterocycles. The summed E-state index contributed by atoms with van der Waals surface area (Å²) in [5, 5.41) is 9.57. The van der Waals surface area contributed by atoms with Crippen molar-refractivity contribution in [3.05, 3.63) is 21.8 Å². The maximum atomic E-state index is 9.57. The van der Waals surface area contributed by atoms with E-state index in [2.05, 4.69) is 22.6 Å². The molecule has 4 heteroatoms. The van der Waals surface area contributed by atoms with E-state index in [-0.39, 0.29) is 5.75 Å². The highest BCUT2D eigenvalue weighted by Crippen LogP contribution is 2.30. The van der Waals surface area contributed by atoms with E-state index in [0.29, 0.717) is 12.4 Å². The van der Waals surface area contributed by atoms with Crippen molar-refractivity contribution in [3.8, 4) is 11.5 Å². The Morgan fingerprint density at radius 3 is 2.92 bits per heavy atom. The molecule has 0 saturated heterocycles. The molecule has 0 atom stereocenters. The number of aromatic hydroxyl groups is 1. The van der Waals surface area contributed by atoms with Gasteiger partial charge in [0.2, 0.25) is 0 Å². The Kier molecular flexibility index (Phi) is 4.58. The minimum absolute atomic E-state index is 0.261. The van der Waals surface area contributed by atoms with Crippen molar-refractivity contribution in [1.82, 2.24) is 0 Å². The number of halogens is 1. The summed E-state index contributed by atoms with van der Waals surface area (Å²) in [6.45, 7) is 0.706. The predicted molar refractivity (Wildman–Crippen MR) is 65.7 cm³/mol. The number of phenols is 1. The van der Waals surface area contributed by atoms with Crippen molar-refractivity contribution in [2.45, 2.75) is 12.5 Å². The van der Waals surface area contributed by atoms with Gasteiger partial charge in [0.05, 0.1) is 10.2 Å². The Hall–Kier alpha value is -0.233. The van der Waals surface area contributed by atoms with Crippen LogP contribution in [0.3, 0.4) is 0 Å². The minimum atomic E-state index is 0.261. The van der Waals surface area contributed by atoms with Crippen LogP contribution in [0.15, 0.2) is 18.2 Å². The second kappa shape index (κ2) is 5.49. The zero-order valence-electron chi connectivity index (χ0n) is 7.59. The molecule has 2 nitrogen and oxygen atoms in total. The van der Waals surface area contributed by atoms with Gasteiger partial charge in [0, 0.05) is 10.2 Å². The molecule has 0 saturated carbocycles. The smallest absolute Gasteiger partial charge is 0.171 e. The van der Waals surface area contributed by atoms with E-state index < -0.39 is 0 Å². The van der Waals surface area contributed by atoms with Crippen LogP contribution in [0.4, 0.5) is 0 Å². The number of hydrogen-bond donors (Lipinski definition) is 1. The van der Waals surface area contributed by atoms with E-state index in [9.17, 15) is 5.11 Å². The first-order valence-electron chi connectivity index (χ1n) is 4.36. The van der Waals surface area contributed by atoms with Crippen molar-refractivity contribution < 1.29 is 9.84 Å². The van der Waals surface area contributed by atoms with E-state index in [4.69, 9.17) is 4.74 Å². The summed E-state index contributed by atoms with van der Waals surface area (Å²) >= 11 is 2.09. The van der Waals surface area contributed by atoms with Crippen molar-refractivity contribution in [2.24, 2.45) is 0 Å². The fourth-order valence-electron chi connectivity index (χ4n) is 0.938. The quantitative estimate of drug-likeness (QED) is 0.519. The highest BCUT2D eigenvalue weighted by molar-refractivity contribution is 14.1. The second-order valence-electron chi connectivity index (χ2n) is 2.79. The van der Waals surface area contributed by atoms with E-state index in [1.165, 1.54) is 16.3 Å². The third kappa shape index (κ3) is 3.19. The van der Waals surface area contributed by atoms with Crippen LogP contribution in [0.2, 0.25) is 6.04 Å². The SMILES string of the molecule is Oc1c(I)cccc1OCCC[SiH3]. The third-order valence-corrected chi connectivity index (χ3v) is 3.28. The van der Waals surface area contributed by atoms with Crippen molar-refractivity contribution in [3.63, 3.8) is 0 Å². The number of para-hydroxylation sites is 1. The minimum Gasteiger partial charge on any atom is -0.504 e. The van der Waals surface area contributed by atoms with Crippen LogP contribution in [0, 0.1) is 3.57 Å². The first-order valence-corrected chi connectivity index (χ1v) is 6.85. The van der Waals surface area contributed by atoms with Gasteiger partial charge < -0.3 is 9.84 Å². The normalized spacial score (nSPS) is 10.2. The number of rotatable bonds is 4. The summed E-state index contributed by atoms with van der Waals surface area (Å²) in [5.41, 5.74) is 0. The van der Waals surface area contributed by atoms with Crippen LogP contribution in [0.5, 0.6) is 11.5 Å². The third-order valence-electron chi connectivity index (χ3n) is 1.71. The van der Waals surface area contributed by atoms with Gasteiger partial charge in [-0.15, -0.1) is 0 Å².